The number of aryl methyl sites for hydroxylation is 1. The molecule has 0 bridgehead atoms. The number of aromatic nitrogens is 2. The number of phenols is 1. The van der Waals surface area contributed by atoms with Gasteiger partial charge in [-0.3, -0.25) is 4.79 Å². The minimum absolute atomic E-state index is 0.0109. The maximum Gasteiger partial charge on any atom is 0.263 e. The van der Waals surface area contributed by atoms with E-state index in [1.165, 1.54) is 0 Å². The number of para-hydroxylation sites is 1. The third kappa shape index (κ3) is 3.56. The lowest BCUT2D eigenvalue weighted by Crippen LogP contribution is -2.09. The highest BCUT2D eigenvalue weighted by Crippen LogP contribution is 2.42. The third-order valence-corrected chi connectivity index (χ3v) is 5.97. The molecule has 0 radical (unpaired) electrons. The number of hydrogen-bond donors (Lipinski definition) is 3. The zero-order valence-electron chi connectivity index (χ0n) is 18.2. The summed E-state index contributed by atoms with van der Waals surface area (Å²) >= 11 is 6.59. The van der Waals surface area contributed by atoms with Crippen molar-refractivity contribution in [3.05, 3.63) is 81.7 Å². The second-order valence-corrected chi connectivity index (χ2v) is 8.23. The number of benzene rings is 3. The molecular formula is C26H19ClN2O5. The Labute approximate surface area is 198 Å². The molecule has 8 heteroatoms. The number of nitrogens with zero attached hydrogens (tertiary/aromatic N) is 1. The number of rotatable bonds is 4. The van der Waals surface area contributed by atoms with Crippen molar-refractivity contribution in [3.8, 4) is 50.8 Å². The zero-order valence-corrected chi connectivity index (χ0v) is 19.0. The molecule has 2 heterocycles. The van der Waals surface area contributed by atoms with Crippen molar-refractivity contribution in [2.45, 2.75) is 6.92 Å². The van der Waals surface area contributed by atoms with Gasteiger partial charge in [-0.2, -0.15) is 0 Å². The number of H-pyrrole nitrogens is 1. The lowest BCUT2D eigenvalue weighted by Gasteiger charge is -2.14. The molecule has 5 rings (SSSR count). The molecule has 34 heavy (non-hydrogen) atoms. The van der Waals surface area contributed by atoms with Gasteiger partial charge in [-0.1, -0.05) is 41.0 Å². The van der Waals surface area contributed by atoms with E-state index in [-0.39, 0.29) is 22.8 Å². The molecule has 0 saturated carbocycles. The van der Waals surface area contributed by atoms with Gasteiger partial charge in [0.05, 0.1) is 23.3 Å². The highest BCUT2D eigenvalue weighted by Gasteiger charge is 2.20. The van der Waals surface area contributed by atoms with Crippen molar-refractivity contribution in [2.75, 3.05) is 7.11 Å². The van der Waals surface area contributed by atoms with Crippen molar-refractivity contribution in [3.63, 3.8) is 0 Å². The second-order valence-electron chi connectivity index (χ2n) is 7.82. The van der Waals surface area contributed by atoms with Crippen LogP contribution in [0.5, 0.6) is 17.2 Å². The molecule has 3 aromatic carbocycles. The highest BCUT2D eigenvalue weighted by atomic mass is 35.5. The van der Waals surface area contributed by atoms with Crippen LogP contribution >= 0.6 is 11.6 Å². The van der Waals surface area contributed by atoms with E-state index in [4.69, 9.17) is 20.9 Å². The van der Waals surface area contributed by atoms with Crippen molar-refractivity contribution >= 4 is 22.5 Å². The Kier molecular flexibility index (Phi) is 5.26. The summed E-state index contributed by atoms with van der Waals surface area (Å²) in [7, 11) is 1.54. The Bertz CT molecular complexity index is 1620. The van der Waals surface area contributed by atoms with Crippen LogP contribution in [0.25, 0.3) is 44.5 Å². The minimum Gasteiger partial charge on any atom is -0.507 e. The molecule has 0 amide bonds. The number of phenolic OH excluding ortho intramolecular Hbond substituents is 1. The van der Waals surface area contributed by atoms with Crippen LogP contribution in [-0.2, 0) is 0 Å². The Morgan fingerprint density at radius 2 is 1.79 bits per heavy atom. The number of aromatic amines is 1. The van der Waals surface area contributed by atoms with Crippen LogP contribution in [0.3, 0.4) is 0 Å². The quantitative estimate of drug-likeness (QED) is 0.299. The number of pyridine rings is 1. The molecule has 5 aromatic rings. The van der Waals surface area contributed by atoms with E-state index in [9.17, 15) is 15.0 Å². The van der Waals surface area contributed by atoms with E-state index < -0.39 is 5.56 Å². The summed E-state index contributed by atoms with van der Waals surface area (Å²) < 4.78 is 10.8. The van der Waals surface area contributed by atoms with Gasteiger partial charge in [0.15, 0.2) is 5.76 Å². The van der Waals surface area contributed by atoms with Crippen LogP contribution in [0.15, 0.2) is 70.0 Å². The zero-order chi connectivity index (χ0) is 24.0. The molecule has 2 aromatic heterocycles. The topological polar surface area (TPSA) is 109 Å². The average molecular weight is 475 g/mol. The van der Waals surface area contributed by atoms with Gasteiger partial charge in [0.1, 0.15) is 22.8 Å². The number of hydrogen-bond acceptors (Lipinski definition) is 6. The minimum atomic E-state index is -0.519. The summed E-state index contributed by atoms with van der Waals surface area (Å²) in [6.07, 6.45) is 0. The number of methoxy groups -OCH3 is 1. The van der Waals surface area contributed by atoms with Gasteiger partial charge >= 0.3 is 0 Å². The maximum atomic E-state index is 12.6. The lowest BCUT2D eigenvalue weighted by molar-refractivity contribution is 0.416. The van der Waals surface area contributed by atoms with E-state index in [1.807, 2.05) is 24.3 Å². The summed E-state index contributed by atoms with van der Waals surface area (Å²) in [6.45, 7) is 1.72. The van der Waals surface area contributed by atoms with Gasteiger partial charge < -0.3 is 24.5 Å². The molecule has 0 aliphatic rings. The highest BCUT2D eigenvalue weighted by molar-refractivity contribution is 6.34. The van der Waals surface area contributed by atoms with Gasteiger partial charge in [-0.15, -0.1) is 0 Å². The average Bonchev–Trinajstić information content (AvgIpc) is 3.24. The first kappa shape index (κ1) is 21.6. The van der Waals surface area contributed by atoms with Gasteiger partial charge in [-0.25, -0.2) is 0 Å². The SMILES string of the molecule is COc1cc(-c2ccccc2O)ccc1-c1cc2c(O)c(-c3cc(C)no3)c(=O)[nH]c2cc1Cl. The van der Waals surface area contributed by atoms with Gasteiger partial charge in [-0.05, 0) is 42.8 Å². The Morgan fingerprint density at radius 3 is 2.50 bits per heavy atom. The van der Waals surface area contributed by atoms with E-state index in [0.717, 1.165) is 5.56 Å². The maximum absolute atomic E-state index is 12.6. The fraction of sp³-hybridized carbons (Fsp3) is 0.0769. The van der Waals surface area contributed by atoms with Crippen molar-refractivity contribution in [1.82, 2.24) is 10.1 Å². The fourth-order valence-electron chi connectivity index (χ4n) is 4.02. The summed E-state index contributed by atoms with van der Waals surface area (Å²) in [6, 6.07) is 17.4. The second kappa shape index (κ2) is 8.28. The first-order valence-electron chi connectivity index (χ1n) is 10.4. The molecule has 0 atom stereocenters. The van der Waals surface area contributed by atoms with E-state index in [2.05, 4.69) is 10.1 Å². The van der Waals surface area contributed by atoms with Crippen molar-refractivity contribution in [2.24, 2.45) is 0 Å². The molecule has 0 unspecified atom stereocenters. The predicted octanol–water partition coefficient (Wildman–Crippen LogP) is 5.90. The van der Waals surface area contributed by atoms with Crippen LogP contribution in [0.4, 0.5) is 0 Å². The fourth-order valence-corrected chi connectivity index (χ4v) is 4.28. The van der Waals surface area contributed by atoms with Crippen molar-refractivity contribution < 1.29 is 19.5 Å². The Morgan fingerprint density at radius 1 is 1.00 bits per heavy atom. The number of nitrogens with one attached hydrogen (secondary N) is 1. The molecule has 0 saturated heterocycles. The van der Waals surface area contributed by atoms with Crippen LogP contribution in [-0.4, -0.2) is 27.5 Å². The van der Waals surface area contributed by atoms with Crippen molar-refractivity contribution in [1.29, 1.82) is 0 Å². The molecule has 0 aliphatic heterocycles. The number of aromatic hydroxyl groups is 2. The molecule has 0 aliphatic carbocycles. The first-order valence-corrected chi connectivity index (χ1v) is 10.7. The summed E-state index contributed by atoms with van der Waals surface area (Å²) in [4.78, 5) is 15.4. The summed E-state index contributed by atoms with van der Waals surface area (Å²) in [5.74, 6) is 0.610. The summed E-state index contributed by atoms with van der Waals surface area (Å²) in [5.41, 5.74) is 3.14. The van der Waals surface area contributed by atoms with E-state index >= 15 is 0 Å². The van der Waals surface area contributed by atoms with E-state index in [1.54, 1.807) is 50.4 Å². The predicted molar refractivity (Wildman–Crippen MR) is 131 cm³/mol. The standard InChI is InChI=1S/C26H19ClN2O5/c1-13-9-23(34-29-13)24-25(31)18-11-17(19(27)12-20(18)28-26(24)32)16-8-7-14(10-22(16)33-2)15-5-3-4-6-21(15)30/h3-12,30H,1-2H3,(H2,28,31,32). The Balaban J connectivity index is 1.70. The largest absolute Gasteiger partial charge is 0.507 e. The van der Waals surface area contributed by atoms with Gasteiger partial charge in [0.2, 0.25) is 0 Å². The molecule has 170 valence electrons. The van der Waals surface area contributed by atoms with Crippen LogP contribution in [0.2, 0.25) is 5.02 Å². The third-order valence-electron chi connectivity index (χ3n) is 5.66. The first-order chi connectivity index (χ1) is 16.4. The smallest absolute Gasteiger partial charge is 0.263 e. The lowest BCUT2D eigenvalue weighted by atomic mass is 9.97. The van der Waals surface area contributed by atoms with Crippen LogP contribution in [0.1, 0.15) is 5.69 Å². The molecule has 3 N–H and O–H groups in total. The number of ether oxygens (including phenoxy) is 1. The molecule has 0 fully saturated rings. The monoisotopic (exact) mass is 474 g/mol. The molecule has 7 nitrogen and oxygen atoms in total. The number of fused-ring (bicyclic) bond motifs is 1. The molecule has 0 spiro atoms. The van der Waals surface area contributed by atoms with E-state index in [0.29, 0.717) is 44.1 Å². The van der Waals surface area contributed by atoms with Crippen LogP contribution in [0, 0.1) is 6.92 Å². The van der Waals surface area contributed by atoms with Crippen LogP contribution < -0.4 is 10.3 Å². The van der Waals surface area contributed by atoms with Gasteiger partial charge in [0.25, 0.3) is 5.56 Å². The Hall–Kier alpha value is -4.23. The molecular weight excluding hydrogens is 456 g/mol. The van der Waals surface area contributed by atoms with Gasteiger partial charge in [0, 0.05) is 28.1 Å². The number of halogens is 1. The summed E-state index contributed by atoms with van der Waals surface area (Å²) in [5, 5.41) is 25.8. The normalized spacial score (nSPS) is 11.1.